The van der Waals surface area contributed by atoms with Crippen molar-refractivity contribution in [2.24, 2.45) is 0 Å². The van der Waals surface area contributed by atoms with Gasteiger partial charge in [-0.25, -0.2) is 4.79 Å². The van der Waals surface area contributed by atoms with Gasteiger partial charge in [0.1, 0.15) is 0 Å². The average Bonchev–Trinajstić information content (AvgIpc) is 3.17. The number of carbonyl (C=O) groups excluding carboxylic acids is 2. The number of rotatable bonds is 6. The maximum absolute atomic E-state index is 12.3. The maximum atomic E-state index is 12.3. The number of nitrogens with one attached hydrogen (secondary N) is 1. The Morgan fingerprint density at radius 2 is 1.65 bits per heavy atom. The van der Waals surface area contributed by atoms with Crippen LogP contribution in [-0.4, -0.2) is 18.5 Å². The molecular weight excluding hydrogens is 330 g/mol. The van der Waals surface area contributed by atoms with Gasteiger partial charge in [-0.15, -0.1) is 0 Å². The second-order valence-electron chi connectivity index (χ2n) is 5.81. The largest absolute Gasteiger partial charge is 0.457 e. The zero-order chi connectivity index (χ0) is 18.4. The molecule has 1 heterocycles. The molecule has 0 radical (unpaired) electrons. The Morgan fingerprint density at radius 3 is 2.35 bits per heavy atom. The molecule has 1 unspecified atom stereocenters. The van der Waals surface area contributed by atoms with Gasteiger partial charge in [0.15, 0.2) is 6.61 Å². The van der Waals surface area contributed by atoms with Gasteiger partial charge in [-0.1, -0.05) is 60.7 Å². The third-order valence-corrected chi connectivity index (χ3v) is 3.95. The number of furan rings is 1. The van der Waals surface area contributed by atoms with Crippen molar-refractivity contribution in [3.63, 3.8) is 0 Å². The Labute approximate surface area is 151 Å². The van der Waals surface area contributed by atoms with Crippen molar-refractivity contribution >= 4 is 11.9 Å². The van der Waals surface area contributed by atoms with Gasteiger partial charge < -0.3 is 14.5 Å². The summed E-state index contributed by atoms with van der Waals surface area (Å²) in [5.74, 6) is -0.959. The van der Waals surface area contributed by atoms with E-state index in [0.29, 0.717) is 5.56 Å². The van der Waals surface area contributed by atoms with Crippen molar-refractivity contribution in [2.45, 2.75) is 13.0 Å². The molecule has 3 aromatic rings. The molecule has 1 atom stereocenters. The summed E-state index contributed by atoms with van der Waals surface area (Å²) in [5.41, 5.74) is 2.45. The number of hydrogen-bond acceptors (Lipinski definition) is 4. The molecule has 5 heteroatoms. The van der Waals surface area contributed by atoms with Gasteiger partial charge in [0.05, 0.1) is 12.3 Å². The summed E-state index contributed by atoms with van der Waals surface area (Å²) in [6, 6.07) is 20.5. The molecule has 3 rings (SSSR count). The summed E-state index contributed by atoms with van der Waals surface area (Å²) in [7, 11) is 0. The van der Waals surface area contributed by atoms with Crippen LogP contribution in [0.3, 0.4) is 0 Å². The van der Waals surface area contributed by atoms with Crippen LogP contribution >= 0.6 is 0 Å². The Bertz CT molecular complexity index is 871. The molecule has 0 fully saturated rings. The van der Waals surface area contributed by atoms with Crippen LogP contribution < -0.4 is 5.32 Å². The summed E-state index contributed by atoms with van der Waals surface area (Å²) in [4.78, 5) is 24.3. The van der Waals surface area contributed by atoms with E-state index in [4.69, 9.17) is 9.15 Å². The highest BCUT2D eigenvalue weighted by atomic mass is 16.5. The second-order valence-corrected chi connectivity index (χ2v) is 5.81. The fourth-order valence-electron chi connectivity index (χ4n) is 2.62. The molecule has 1 aromatic heterocycles. The first-order chi connectivity index (χ1) is 12.6. The van der Waals surface area contributed by atoms with Crippen molar-refractivity contribution in [1.82, 2.24) is 5.32 Å². The summed E-state index contributed by atoms with van der Waals surface area (Å²) < 4.78 is 10.4. The van der Waals surface area contributed by atoms with E-state index < -0.39 is 5.97 Å². The molecule has 1 amide bonds. The fourth-order valence-corrected chi connectivity index (χ4v) is 2.62. The van der Waals surface area contributed by atoms with E-state index in [9.17, 15) is 9.59 Å². The third-order valence-electron chi connectivity index (χ3n) is 3.95. The quantitative estimate of drug-likeness (QED) is 0.684. The first-order valence-electron chi connectivity index (χ1n) is 8.29. The normalized spacial score (nSPS) is 11.6. The molecule has 0 aliphatic carbocycles. The summed E-state index contributed by atoms with van der Waals surface area (Å²) >= 11 is 0. The predicted molar refractivity (Wildman–Crippen MR) is 97.4 cm³/mol. The van der Waals surface area contributed by atoms with E-state index in [0.717, 1.165) is 11.1 Å². The van der Waals surface area contributed by atoms with Gasteiger partial charge in [0.25, 0.3) is 5.91 Å². The summed E-state index contributed by atoms with van der Waals surface area (Å²) in [6.07, 6.45) is 1.43. The molecule has 2 aromatic carbocycles. The minimum atomic E-state index is -0.670. The molecule has 1 N–H and O–H groups in total. The standard InChI is InChI=1S/C21H19NO4/c1-15(16-8-4-2-5-9-16)22-19(23)14-26-21(24)20-18(12-13-25-20)17-10-6-3-7-11-17/h2-13,15H,14H2,1H3,(H,22,23). The molecule has 0 aliphatic rings. The SMILES string of the molecule is CC(NC(=O)COC(=O)c1occc1-c1ccccc1)c1ccccc1. The molecule has 132 valence electrons. The zero-order valence-electron chi connectivity index (χ0n) is 14.3. The Balaban J connectivity index is 1.58. The van der Waals surface area contributed by atoms with Gasteiger partial charge in [0, 0.05) is 5.56 Å². The molecular formula is C21H19NO4. The highest BCUT2D eigenvalue weighted by Crippen LogP contribution is 2.25. The summed E-state index contributed by atoms with van der Waals surface area (Å²) in [6.45, 7) is 1.50. The van der Waals surface area contributed by atoms with E-state index in [-0.39, 0.29) is 24.3 Å². The molecule has 0 saturated carbocycles. The Morgan fingerprint density at radius 1 is 1.00 bits per heavy atom. The monoisotopic (exact) mass is 349 g/mol. The molecule has 0 saturated heterocycles. The van der Waals surface area contributed by atoms with Crippen LogP contribution in [0.25, 0.3) is 11.1 Å². The van der Waals surface area contributed by atoms with Gasteiger partial charge in [-0.2, -0.15) is 0 Å². The summed E-state index contributed by atoms with van der Waals surface area (Å²) in [5, 5.41) is 2.80. The van der Waals surface area contributed by atoms with Crippen LogP contribution in [0.2, 0.25) is 0 Å². The number of carbonyl (C=O) groups is 2. The first kappa shape index (κ1) is 17.5. The zero-order valence-corrected chi connectivity index (χ0v) is 14.3. The molecule has 5 nitrogen and oxygen atoms in total. The highest BCUT2D eigenvalue weighted by Gasteiger charge is 2.19. The average molecular weight is 349 g/mol. The maximum Gasteiger partial charge on any atom is 0.375 e. The minimum absolute atomic E-state index is 0.0834. The van der Waals surface area contributed by atoms with Crippen molar-refractivity contribution in [1.29, 1.82) is 0 Å². The number of esters is 1. The second kappa shape index (κ2) is 8.16. The van der Waals surface area contributed by atoms with Crippen LogP contribution in [-0.2, 0) is 9.53 Å². The lowest BCUT2D eigenvalue weighted by atomic mass is 10.1. The van der Waals surface area contributed by atoms with Gasteiger partial charge in [-0.3, -0.25) is 4.79 Å². The Hall–Kier alpha value is -3.34. The lowest BCUT2D eigenvalue weighted by Crippen LogP contribution is -2.31. The van der Waals surface area contributed by atoms with Crippen LogP contribution in [0, 0.1) is 0 Å². The van der Waals surface area contributed by atoms with E-state index in [1.165, 1.54) is 6.26 Å². The molecule has 0 spiro atoms. The third kappa shape index (κ3) is 4.19. The van der Waals surface area contributed by atoms with E-state index in [1.807, 2.05) is 67.6 Å². The lowest BCUT2D eigenvalue weighted by Gasteiger charge is -2.14. The number of ether oxygens (including phenoxy) is 1. The predicted octanol–water partition coefficient (Wildman–Crippen LogP) is 3.98. The topological polar surface area (TPSA) is 68.5 Å². The van der Waals surface area contributed by atoms with E-state index in [2.05, 4.69) is 5.32 Å². The van der Waals surface area contributed by atoms with Gasteiger partial charge in [0.2, 0.25) is 5.76 Å². The van der Waals surface area contributed by atoms with Gasteiger partial charge in [-0.05, 0) is 24.1 Å². The van der Waals surface area contributed by atoms with Crippen LogP contribution in [0.15, 0.2) is 77.4 Å². The van der Waals surface area contributed by atoms with Crippen LogP contribution in [0.4, 0.5) is 0 Å². The van der Waals surface area contributed by atoms with Crippen molar-refractivity contribution in [3.8, 4) is 11.1 Å². The molecule has 0 aliphatic heterocycles. The van der Waals surface area contributed by atoms with Crippen LogP contribution in [0.5, 0.6) is 0 Å². The minimum Gasteiger partial charge on any atom is -0.457 e. The number of amides is 1. The molecule has 26 heavy (non-hydrogen) atoms. The fraction of sp³-hybridized carbons (Fsp3) is 0.143. The highest BCUT2D eigenvalue weighted by molar-refractivity contribution is 5.95. The van der Waals surface area contributed by atoms with Gasteiger partial charge >= 0.3 is 5.97 Å². The van der Waals surface area contributed by atoms with Crippen molar-refractivity contribution < 1.29 is 18.7 Å². The van der Waals surface area contributed by atoms with Crippen LogP contribution in [0.1, 0.15) is 29.1 Å². The van der Waals surface area contributed by atoms with Crippen molar-refractivity contribution in [2.75, 3.05) is 6.61 Å². The van der Waals surface area contributed by atoms with Crippen molar-refractivity contribution in [3.05, 3.63) is 84.3 Å². The number of benzene rings is 2. The first-order valence-corrected chi connectivity index (χ1v) is 8.29. The Kier molecular flexibility index (Phi) is 5.49. The molecule has 0 bridgehead atoms. The smallest absolute Gasteiger partial charge is 0.375 e. The van der Waals surface area contributed by atoms with E-state index in [1.54, 1.807) is 6.07 Å². The number of hydrogen-bond donors (Lipinski definition) is 1. The lowest BCUT2D eigenvalue weighted by molar-refractivity contribution is -0.124. The van der Waals surface area contributed by atoms with E-state index >= 15 is 0 Å².